The molecule has 1 saturated carbocycles. The normalized spacial score (nSPS) is 17.7. The van der Waals surface area contributed by atoms with Crippen molar-refractivity contribution >= 4 is 0 Å². The summed E-state index contributed by atoms with van der Waals surface area (Å²) in [6, 6.07) is 9.95. The highest BCUT2D eigenvalue weighted by Crippen LogP contribution is 2.20. The molecule has 2 heteroatoms. The number of benzene rings is 1. The third-order valence-electron chi connectivity index (χ3n) is 2.98. The van der Waals surface area contributed by atoms with Gasteiger partial charge in [-0.3, -0.25) is 0 Å². The smallest absolute Gasteiger partial charge is 0.0444 e. The average Bonchev–Trinajstić information content (AvgIpc) is 3.03. The molecule has 1 aliphatic rings. The van der Waals surface area contributed by atoms with Gasteiger partial charge in [0, 0.05) is 18.6 Å². The van der Waals surface area contributed by atoms with Crippen LogP contribution in [0.25, 0.3) is 0 Å². The second-order valence-electron chi connectivity index (χ2n) is 4.44. The van der Waals surface area contributed by atoms with Crippen LogP contribution < -0.4 is 10.6 Å². The molecule has 1 aliphatic carbocycles. The lowest BCUT2D eigenvalue weighted by atomic mass is 10.0. The minimum Gasteiger partial charge on any atom is -0.312 e. The van der Waals surface area contributed by atoms with Crippen molar-refractivity contribution < 1.29 is 0 Å². The zero-order chi connectivity index (χ0) is 10.7. The summed E-state index contributed by atoms with van der Waals surface area (Å²) >= 11 is 0. The molecule has 0 amide bonds. The molecule has 0 spiro atoms. The van der Waals surface area contributed by atoms with Gasteiger partial charge in [0.25, 0.3) is 0 Å². The Hall–Kier alpha value is -0.860. The summed E-state index contributed by atoms with van der Waals surface area (Å²) in [5, 5.41) is 6.93. The fourth-order valence-corrected chi connectivity index (χ4v) is 1.85. The Bertz CT molecular complexity index is 318. The average molecular weight is 204 g/mol. The van der Waals surface area contributed by atoms with Crippen LogP contribution in [0.4, 0.5) is 0 Å². The van der Waals surface area contributed by atoms with E-state index in [4.69, 9.17) is 0 Å². The second kappa shape index (κ2) is 4.77. The van der Waals surface area contributed by atoms with Crippen LogP contribution in [0.3, 0.4) is 0 Å². The van der Waals surface area contributed by atoms with Gasteiger partial charge in [0.1, 0.15) is 0 Å². The number of hydrogen-bond donors (Lipinski definition) is 2. The lowest BCUT2D eigenvalue weighted by Gasteiger charge is -2.17. The molecule has 1 atom stereocenters. The highest BCUT2D eigenvalue weighted by atomic mass is 15.0. The Morgan fingerprint density at radius 3 is 2.80 bits per heavy atom. The van der Waals surface area contributed by atoms with Gasteiger partial charge in [-0.2, -0.15) is 0 Å². The van der Waals surface area contributed by atoms with Crippen LogP contribution in [0.5, 0.6) is 0 Å². The molecule has 0 aliphatic heterocycles. The summed E-state index contributed by atoms with van der Waals surface area (Å²) < 4.78 is 0. The van der Waals surface area contributed by atoms with Crippen LogP contribution in [0.1, 0.15) is 30.0 Å². The number of likely N-dealkylation sites (N-methyl/N-ethyl adjacent to an activating group) is 1. The Morgan fingerprint density at radius 2 is 2.20 bits per heavy atom. The van der Waals surface area contributed by atoms with Crippen molar-refractivity contribution in [2.24, 2.45) is 0 Å². The van der Waals surface area contributed by atoms with E-state index in [1.165, 1.54) is 24.0 Å². The number of rotatable bonds is 5. The molecule has 2 nitrogen and oxygen atoms in total. The lowest BCUT2D eigenvalue weighted by Crippen LogP contribution is -2.30. The van der Waals surface area contributed by atoms with Gasteiger partial charge < -0.3 is 10.6 Å². The topological polar surface area (TPSA) is 24.1 Å². The molecule has 1 unspecified atom stereocenters. The van der Waals surface area contributed by atoms with E-state index in [-0.39, 0.29) is 0 Å². The predicted molar refractivity (Wildman–Crippen MR) is 64.0 cm³/mol. The van der Waals surface area contributed by atoms with Crippen molar-refractivity contribution in [2.75, 3.05) is 13.6 Å². The standard InChI is InChI=1S/C13H20N2/c1-10-4-3-5-11(8-10)13(14-2)9-15-12-6-7-12/h3-5,8,12-15H,6-7,9H2,1-2H3. The first kappa shape index (κ1) is 10.7. The fraction of sp³-hybridized carbons (Fsp3) is 0.538. The molecule has 1 aromatic carbocycles. The molecule has 0 aromatic heterocycles. The van der Waals surface area contributed by atoms with Crippen molar-refractivity contribution in [3.63, 3.8) is 0 Å². The van der Waals surface area contributed by atoms with Gasteiger partial charge in [0.05, 0.1) is 0 Å². The van der Waals surface area contributed by atoms with Crippen LogP contribution in [0, 0.1) is 6.92 Å². The maximum absolute atomic E-state index is 3.56. The van der Waals surface area contributed by atoms with E-state index in [0.29, 0.717) is 6.04 Å². The van der Waals surface area contributed by atoms with Gasteiger partial charge in [-0.05, 0) is 32.4 Å². The first-order valence-electron chi connectivity index (χ1n) is 5.77. The van der Waals surface area contributed by atoms with Crippen LogP contribution in [0.2, 0.25) is 0 Å². The molecule has 82 valence electrons. The summed E-state index contributed by atoms with van der Waals surface area (Å²) in [5.41, 5.74) is 2.71. The molecule has 0 radical (unpaired) electrons. The van der Waals surface area contributed by atoms with E-state index in [9.17, 15) is 0 Å². The summed E-state index contributed by atoms with van der Waals surface area (Å²) in [5.74, 6) is 0. The van der Waals surface area contributed by atoms with Crippen molar-refractivity contribution in [1.29, 1.82) is 0 Å². The predicted octanol–water partition coefficient (Wildman–Crippen LogP) is 2.01. The monoisotopic (exact) mass is 204 g/mol. The zero-order valence-electron chi connectivity index (χ0n) is 9.59. The third-order valence-corrected chi connectivity index (χ3v) is 2.98. The van der Waals surface area contributed by atoms with E-state index < -0.39 is 0 Å². The molecule has 0 heterocycles. The van der Waals surface area contributed by atoms with E-state index in [2.05, 4.69) is 41.8 Å². The first-order chi connectivity index (χ1) is 7.29. The molecule has 0 bridgehead atoms. The Labute approximate surface area is 92.1 Å². The minimum atomic E-state index is 0.436. The van der Waals surface area contributed by atoms with E-state index in [1.807, 2.05) is 7.05 Å². The van der Waals surface area contributed by atoms with Crippen molar-refractivity contribution in [3.05, 3.63) is 35.4 Å². The first-order valence-corrected chi connectivity index (χ1v) is 5.77. The summed E-state index contributed by atoms with van der Waals surface area (Å²) in [4.78, 5) is 0. The molecule has 15 heavy (non-hydrogen) atoms. The zero-order valence-corrected chi connectivity index (χ0v) is 9.59. The Kier molecular flexibility index (Phi) is 3.39. The van der Waals surface area contributed by atoms with Crippen molar-refractivity contribution in [3.8, 4) is 0 Å². The third kappa shape index (κ3) is 3.05. The number of hydrogen-bond acceptors (Lipinski definition) is 2. The quantitative estimate of drug-likeness (QED) is 0.766. The molecular formula is C13H20N2. The molecule has 0 saturated heterocycles. The molecule has 1 fully saturated rings. The van der Waals surface area contributed by atoms with Crippen LogP contribution >= 0.6 is 0 Å². The molecule has 2 rings (SSSR count). The van der Waals surface area contributed by atoms with Gasteiger partial charge in [-0.25, -0.2) is 0 Å². The van der Waals surface area contributed by atoms with Gasteiger partial charge in [-0.1, -0.05) is 29.8 Å². The van der Waals surface area contributed by atoms with E-state index in [1.54, 1.807) is 0 Å². The van der Waals surface area contributed by atoms with E-state index in [0.717, 1.165) is 12.6 Å². The second-order valence-corrected chi connectivity index (χ2v) is 4.44. The summed E-state index contributed by atoms with van der Waals surface area (Å²) in [7, 11) is 2.03. The highest BCUT2D eigenvalue weighted by molar-refractivity contribution is 5.25. The fourth-order valence-electron chi connectivity index (χ4n) is 1.85. The van der Waals surface area contributed by atoms with Crippen molar-refractivity contribution in [1.82, 2.24) is 10.6 Å². The number of nitrogens with one attached hydrogen (secondary N) is 2. The van der Waals surface area contributed by atoms with Crippen LogP contribution in [-0.4, -0.2) is 19.6 Å². The van der Waals surface area contributed by atoms with E-state index >= 15 is 0 Å². The largest absolute Gasteiger partial charge is 0.312 e. The maximum atomic E-state index is 3.56. The minimum absolute atomic E-state index is 0.436. The SMILES string of the molecule is CNC(CNC1CC1)c1cccc(C)c1. The van der Waals surface area contributed by atoms with Crippen LogP contribution in [-0.2, 0) is 0 Å². The summed E-state index contributed by atoms with van der Waals surface area (Å²) in [6.45, 7) is 3.18. The highest BCUT2D eigenvalue weighted by Gasteiger charge is 2.21. The lowest BCUT2D eigenvalue weighted by molar-refractivity contribution is 0.526. The molecule has 1 aromatic rings. The van der Waals surface area contributed by atoms with Gasteiger partial charge in [0.2, 0.25) is 0 Å². The number of aryl methyl sites for hydroxylation is 1. The Balaban J connectivity index is 1.97. The Morgan fingerprint density at radius 1 is 1.40 bits per heavy atom. The van der Waals surface area contributed by atoms with Gasteiger partial charge >= 0.3 is 0 Å². The molecular weight excluding hydrogens is 184 g/mol. The van der Waals surface area contributed by atoms with Gasteiger partial charge in [0.15, 0.2) is 0 Å². The summed E-state index contributed by atoms with van der Waals surface area (Å²) in [6.07, 6.45) is 2.70. The molecule has 2 N–H and O–H groups in total. The van der Waals surface area contributed by atoms with Gasteiger partial charge in [-0.15, -0.1) is 0 Å². The maximum Gasteiger partial charge on any atom is 0.0444 e. The van der Waals surface area contributed by atoms with Crippen molar-refractivity contribution in [2.45, 2.75) is 31.8 Å². The van der Waals surface area contributed by atoms with Crippen LogP contribution in [0.15, 0.2) is 24.3 Å².